The molecule has 1 amide bonds. The average molecular weight is 242 g/mol. The van der Waals surface area contributed by atoms with Crippen molar-refractivity contribution in [3.05, 3.63) is 5.82 Å². The number of aryl methyl sites for hydroxylation is 1. The van der Waals surface area contributed by atoms with E-state index in [-0.39, 0.29) is 10.9 Å². The number of amides is 1. The summed E-state index contributed by atoms with van der Waals surface area (Å²) in [5, 5.41) is 3.19. The van der Waals surface area contributed by atoms with Crippen LogP contribution in [0.15, 0.2) is 0 Å². The van der Waals surface area contributed by atoms with Crippen LogP contribution in [-0.2, 0) is 4.79 Å². The van der Waals surface area contributed by atoms with E-state index in [0.717, 1.165) is 24.4 Å². The molecule has 2 rings (SSSR count). The fourth-order valence-corrected chi connectivity index (χ4v) is 2.14. The lowest BCUT2D eigenvalue weighted by Crippen LogP contribution is -2.34. The zero-order chi connectivity index (χ0) is 11.1. The van der Waals surface area contributed by atoms with Crippen LogP contribution >= 0.6 is 23.8 Å². The summed E-state index contributed by atoms with van der Waals surface area (Å²) in [7, 11) is 0. The molecule has 0 radical (unpaired) electrons. The maximum Gasteiger partial charge on any atom is 0.239 e. The highest BCUT2D eigenvalue weighted by Gasteiger charge is 2.52. The van der Waals surface area contributed by atoms with Gasteiger partial charge in [-0.25, -0.2) is 4.98 Å². The molecule has 1 fully saturated rings. The summed E-state index contributed by atoms with van der Waals surface area (Å²) in [6, 6.07) is 0. The first-order valence-corrected chi connectivity index (χ1v) is 5.64. The number of hydrogen-bond donors (Lipinski definition) is 2. The fraction of sp³-hybridized carbons (Fsp3) is 0.500. The van der Waals surface area contributed by atoms with Crippen molar-refractivity contribution < 1.29 is 4.79 Å². The topological polar surface area (TPSA) is 80.9 Å². The molecule has 0 aromatic carbocycles. The van der Waals surface area contributed by atoms with Crippen LogP contribution in [-0.4, -0.2) is 20.3 Å². The Bertz CT molecular complexity index is 424. The van der Waals surface area contributed by atoms with Gasteiger partial charge >= 0.3 is 0 Å². The summed E-state index contributed by atoms with van der Waals surface area (Å²) in [5.74, 6) is 0.488. The number of nitrogens with two attached hydrogens (primary N) is 1. The molecule has 0 unspecified atom stereocenters. The molecule has 0 spiro atoms. The third-order valence-electron chi connectivity index (χ3n) is 2.40. The van der Waals surface area contributed by atoms with Crippen LogP contribution in [0.1, 0.15) is 18.7 Å². The molecule has 0 bridgehead atoms. The van der Waals surface area contributed by atoms with Crippen molar-refractivity contribution in [1.29, 1.82) is 0 Å². The average Bonchev–Trinajstić information content (AvgIpc) is 2.88. The third kappa shape index (κ3) is 1.84. The van der Waals surface area contributed by atoms with E-state index in [1.54, 1.807) is 6.92 Å². The molecule has 0 saturated heterocycles. The largest absolute Gasteiger partial charge is 0.392 e. The van der Waals surface area contributed by atoms with Crippen LogP contribution in [0.3, 0.4) is 0 Å². The van der Waals surface area contributed by atoms with Gasteiger partial charge in [0.05, 0.1) is 10.4 Å². The Morgan fingerprint density at radius 3 is 2.73 bits per heavy atom. The first-order chi connectivity index (χ1) is 7.04. The van der Waals surface area contributed by atoms with Gasteiger partial charge in [0.2, 0.25) is 11.0 Å². The predicted molar refractivity (Wildman–Crippen MR) is 61.7 cm³/mol. The summed E-state index contributed by atoms with van der Waals surface area (Å²) < 4.78 is 3.97. The molecule has 1 aromatic heterocycles. The number of hydrogen-bond acceptors (Lipinski definition) is 5. The Balaban J connectivity index is 2.08. The van der Waals surface area contributed by atoms with Gasteiger partial charge in [0.15, 0.2) is 0 Å². The van der Waals surface area contributed by atoms with E-state index in [2.05, 4.69) is 14.7 Å². The molecule has 1 aliphatic rings. The van der Waals surface area contributed by atoms with Crippen molar-refractivity contribution in [2.24, 2.45) is 11.1 Å². The standard InChI is InChI=1S/C8H10N4OS2/c1-4-10-7(15-12-4)11-6(13)8(2-3-8)5(9)14/h2-3H2,1H3,(H2,9,14)(H,10,11,12,13). The highest BCUT2D eigenvalue weighted by molar-refractivity contribution is 7.80. The molecule has 1 aliphatic carbocycles. The van der Waals surface area contributed by atoms with Crippen LogP contribution in [0, 0.1) is 12.3 Å². The number of rotatable bonds is 3. The number of nitrogens with one attached hydrogen (secondary N) is 1. The van der Waals surface area contributed by atoms with Crippen molar-refractivity contribution >= 4 is 39.8 Å². The van der Waals surface area contributed by atoms with Gasteiger partial charge < -0.3 is 5.73 Å². The lowest BCUT2D eigenvalue weighted by molar-refractivity contribution is -0.118. The van der Waals surface area contributed by atoms with Crippen molar-refractivity contribution in [2.45, 2.75) is 19.8 Å². The minimum absolute atomic E-state index is 0.161. The van der Waals surface area contributed by atoms with Crippen molar-refractivity contribution in [2.75, 3.05) is 5.32 Å². The van der Waals surface area contributed by atoms with Gasteiger partial charge in [-0.2, -0.15) is 4.37 Å². The van der Waals surface area contributed by atoms with E-state index >= 15 is 0 Å². The predicted octanol–water partition coefficient (Wildman–Crippen LogP) is 0.851. The Labute approximate surface area is 96.2 Å². The summed E-state index contributed by atoms with van der Waals surface area (Å²) in [6.45, 7) is 1.77. The second-order valence-electron chi connectivity index (χ2n) is 3.55. The van der Waals surface area contributed by atoms with E-state index in [1.165, 1.54) is 0 Å². The van der Waals surface area contributed by atoms with Gasteiger partial charge in [-0.15, -0.1) is 0 Å². The molecule has 0 aliphatic heterocycles. The fourth-order valence-electron chi connectivity index (χ4n) is 1.27. The molecule has 80 valence electrons. The highest BCUT2D eigenvalue weighted by Crippen LogP contribution is 2.46. The van der Waals surface area contributed by atoms with E-state index < -0.39 is 5.41 Å². The van der Waals surface area contributed by atoms with Crippen molar-refractivity contribution in [3.8, 4) is 0 Å². The minimum Gasteiger partial charge on any atom is -0.392 e. The number of anilines is 1. The van der Waals surface area contributed by atoms with Gasteiger partial charge in [0, 0.05) is 11.5 Å². The first kappa shape index (κ1) is 10.4. The molecule has 1 heterocycles. The summed E-state index contributed by atoms with van der Waals surface area (Å²) in [5.41, 5.74) is 4.90. The van der Waals surface area contributed by atoms with E-state index in [0.29, 0.717) is 11.0 Å². The van der Waals surface area contributed by atoms with Crippen molar-refractivity contribution in [3.63, 3.8) is 0 Å². The van der Waals surface area contributed by atoms with Crippen LogP contribution < -0.4 is 11.1 Å². The number of thiocarbonyl (C=S) groups is 1. The van der Waals surface area contributed by atoms with E-state index in [9.17, 15) is 4.79 Å². The van der Waals surface area contributed by atoms with E-state index in [4.69, 9.17) is 18.0 Å². The Morgan fingerprint density at radius 2 is 2.33 bits per heavy atom. The second-order valence-corrected chi connectivity index (χ2v) is 4.74. The molecule has 3 N–H and O–H groups in total. The summed E-state index contributed by atoms with van der Waals surface area (Å²) in [4.78, 5) is 16.1. The normalized spacial score (nSPS) is 17.1. The number of carbonyl (C=O) groups is 1. The van der Waals surface area contributed by atoms with Crippen LogP contribution in [0.2, 0.25) is 0 Å². The van der Waals surface area contributed by atoms with Crippen LogP contribution in [0.25, 0.3) is 0 Å². The lowest BCUT2D eigenvalue weighted by atomic mass is 10.1. The Morgan fingerprint density at radius 1 is 1.67 bits per heavy atom. The molecule has 5 nitrogen and oxygen atoms in total. The minimum atomic E-state index is -0.630. The van der Waals surface area contributed by atoms with E-state index in [1.807, 2.05) is 0 Å². The molecular formula is C8H10N4OS2. The van der Waals surface area contributed by atoms with Crippen LogP contribution in [0.4, 0.5) is 5.13 Å². The van der Waals surface area contributed by atoms with Crippen LogP contribution in [0.5, 0.6) is 0 Å². The molecule has 0 atom stereocenters. The summed E-state index contributed by atoms with van der Waals surface area (Å²) >= 11 is 6.03. The number of nitrogens with zero attached hydrogens (tertiary/aromatic N) is 2. The monoisotopic (exact) mass is 242 g/mol. The maximum atomic E-state index is 11.8. The molecule has 1 saturated carbocycles. The Kier molecular flexibility index (Phi) is 2.43. The van der Waals surface area contributed by atoms with Gasteiger partial charge in [-0.05, 0) is 19.8 Å². The molecular weight excluding hydrogens is 232 g/mol. The van der Waals surface area contributed by atoms with Gasteiger partial charge in [0.25, 0.3) is 0 Å². The Hall–Kier alpha value is -1.08. The van der Waals surface area contributed by atoms with Crippen molar-refractivity contribution in [1.82, 2.24) is 9.36 Å². The molecule has 7 heteroatoms. The third-order valence-corrected chi connectivity index (χ3v) is 3.52. The van der Waals surface area contributed by atoms with Gasteiger partial charge in [0.1, 0.15) is 5.82 Å². The maximum absolute atomic E-state index is 11.8. The molecule has 1 aromatic rings. The quantitative estimate of drug-likeness (QED) is 0.768. The summed E-state index contributed by atoms with van der Waals surface area (Å²) in [6.07, 6.45) is 1.46. The zero-order valence-electron chi connectivity index (χ0n) is 8.11. The SMILES string of the molecule is Cc1nsc(NC(=O)C2(C(N)=S)CC2)n1. The second kappa shape index (κ2) is 3.49. The van der Waals surface area contributed by atoms with Gasteiger partial charge in [-0.1, -0.05) is 12.2 Å². The number of carbonyl (C=O) groups excluding carboxylic acids is 1. The number of aromatic nitrogens is 2. The highest BCUT2D eigenvalue weighted by atomic mass is 32.1. The zero-order valence-corrected chi connectivity index (χ0v) is 9.74. The first-order valence-electron chi connectivity index (χ1n) is 4.46. The smallest absolute Gasteiger partial charge is 0.239 e. The molecule has 15 heavy (non-hydrogen) atoms. The van der Waals surface area contributed by atoms with Gasteiger partial charge in [-0.3, -0.25) is 10.1 Å². The lowest BCUT2D eigenvalue weighted by Gasteiger charge is -2.11.